The van der Waals surface area contributed by atoms with Gasteiger partial charge in [-0.3, -0.25) is 4.79 Å². The van der Waals surface area contributed by atoms with Crippen LogP contribution in [0.5, 0.6) is 0 Å². The average molecular weight is 168 g/mol. The molecule has 0 saturated heterocycles. The molecule has 0 saturated carbocycles. The summed E-state index contributed by atoms with van der Waals surface area (Å²) >= 11 is 0. The van der Waals surface area contributed by atoms with Gasteiger partial charge in [0.15, 0.2) is 0 Å². The summed E-state index contributed by atoms with van der Waals surface area (Å²) in [4.78, 5) is 12.2. The average Bonchev–Trinajstić information content (AvgIpc) is 1.90. The Morgan fingerprint density at radius 1 is 1.40 bits per heavy atom. The van der Waals surface area contributed by atoms with Gasteiger partial charge in [0.05, 0.1) is 0 Å². The molecule has 1 N–H and O–H groups in total. The molecule has 0 heterocycles. The molecule has 0 aromatic carbocycles. The summed E-state index contributed by atoms with van der Waals surface area (Å²) in [5.41, 5.74) is 0. The van der Waals surface area contributed by atoms with Crippen molar-refractivity contribution in [3.05, 3.63) is 0 Å². The lowest BCUT2D eigenvalue weighted by Crippen LogP contribution is -2.32. The molecule has 0 spiro atoms. The Bertz CT molecular complexity index is 93.7. The van der Waals surface area contributed by atoms with Crippen LogP contribution in [0.25, 0.3) is 0 Å². The third-order valence-corrected chi connectivity index (χ3v) is 1.25. The predicted molar refractivity (Wildman–Crippen MR) is 42.3 cm³/mol. The number of nitrogens with zero attached hydrogens (tertiary/aromatic N) is 1. The highest BCUT2D eigenvalue weighted by Gasteiger charge is 2.05. The first kappa shape index (κ1) is 12.4. The zero-order valence-corrected chi connectivity index (χ0v) is 7.15. The molecular formula is C6H14ClNO2. The Labute approximate surface area is 67.4 Å². The van der Waals surface area contributed by atoms with Crippen molar-refractivity contribution in [2.24, 2.45) is 0 Å². The molecule has 10 heavy (non-hydrogen) atoms. The maximum atomic E-state index is 10.6. The van der Waals surface area contributed by atoms with Gasteiger partial charge in [-0.05, 0) is 13.8 Å². The molecule has 0 aromatic rings. The smallest absolute Gasteiger partial charge is 0.248 e. The van der Waals surface area contributed by atoms with Gasteiger partial charge in [0, 0.05) is 13.1 Å². The fourth-order valence-electron chi connectivity index (χ4n) is 0.676. The van der Waals surface area contributed by atoms with Crippen molar-refractivity contribution < 1.29 is 9.90 Å². The number of carbonyl (C=O) groups excluding carboxylic acids is 1. The van der Waals surface area contributed by atoms with Gasteiger partial charge < -0.3 is 10.0 Å². The molecule has 0 bridgehead atoms. The van der Waals surface area contributed by atoms with E-state index in [4.69, 9.17) is 5.11 Å². The highest BCUT2D eigenvalue weighted by Crippen LogP contribution is 1.85. The fraction of sp³-hybridized carbons (Fsp3) is 0.833. The Morgan fingerprint density at radius 2 is 1.80 bits per heavy atom. The van der Waals surface area contributed by atoms with Gasteiger partial charge >= 0.3 is 0 Å². The predicted octanol–water partition coefficient (Wildman–Crippen LogP) is 0.269. The van der Waals surface area contributed by atoms with E-state index in [1.165, 1.54) is 0 Å². The van der Waals surface area contributed by atoms with E-state index in [9.17, 15) is 4.79 Å². The quantitative estimate of drug-likeness (QED) is 0.656. The van der Waals surface area contributed by atoms with Gasteiger partial charge in [-0.25, -0.2) is 0 Å². The lowest BCUT2D eigenvalue weighted by molar-refractivity contribution is -0.133. The maximum Gasteiger partial charge on any atom is 0.248 e. The largest absolute Gasteiger partial charge is 0.387 e. The van der Waals surface area contributed by atoms with E-state index in [-0.39, 0.29) is 24.9 Å². The van der Waals surface area contributed by atoms with Crippen LogP contribution in [0.15, 0.2) is 0 Å². The zero-order valence-electron chi connectivity index (χ0n) is 6.33. The van der Waals surface area contributed by atoms with Crippen LogP contribution < -0.4 is 0 Å². The molecule has 0 aliphatic heterocycles. The van der Waals surface area contributed by atoms with Crippen molar-refractivity contribution in [1.82, 2.24) is 4.90 Å². The maximum absolute atomic E-state index is 10.6. The van der Waals surface area contributed by atoms with Crippen LogP contribution >= 0.6 is 12.4 Å². The first-order valence-electron chi connectivity index (χ1n) is 3.14. The number of carbonyl (C=O) groups is 1. The van der Waals surface area contributed by atoms with Crippen LogP contribution in [0, 0.1) is 0 Å². The zero-order chi connectivity index (χ0) is 7.28. The van der Waals surface area contributed by atoms with Crippen LogP contribution in [0.3, 0.4) is 0 Å². The molecule has 0 fully saturated rings. The van der Waals surface area contributed by atoms with Gasteiger partial charge in [-0.1, -0.05) is 0 Å². The molecule has 1 amide bonds. The first-order chi connectivity index (χ1) is 4.26. The lowest BCUT2D eigenvalue weighted by Gasteiger charge is -2.16. The van der Waals surface area contributed by atoms with E-state index in [1.807, 2.05) is 13.8 Å². The molecule has 0 unspecified atom stereocenters. The minimum absolute atomic E-state index is 0. The van der Waals surface area contributed by atoms with Crippen LogP contribution in [-0.2, 0) is 4.79 Å². The van der Waals surface area contributed by atoms with Crippen molar-refractivity contribution in [2.75, 3.05) is 19.7 Å². The molecule has 3 nitrogen and oxygen atoms in total. The van der Waals surface area contributed by atoms with Gasteiger partial charge in [0.1, 0.15) is 6.61 Å². The third-order valence-electron chi connectivity index (χ3n) is 1.25. The minimum Gasteiger partial charge on any atom is -0.387 e. The summed E-state index contributed by atoms with van der Waals surface area (Å²) in [6.45, 7) is 4.75. The van der Waals surface area contributed by atoms with Crippen molar-refractivity contribution in [2.45, 2.75) is 13.8 Å². The SMILES string of the molecule is CCN(CC)C(=O)CO.Cl. The first-order valence-corrected chi connectivity index (χ1v) is 3.14. The molecule has 62 valence electrons. The van der Waals surface area contributed by atoms with Crippen LogP contribution in [-0.4, -0.2) is 35.6 Å². The summed E-state index contributed by atoms with van der Waals surface area (Å²) in [7, 11) is 0. The lowest BCUT2D eigenvalue weighted by atomic mass is 10.5. The molecule has 4 heteroatoms. The Morgan fingerprint density at radius 3 is 1.90 bits per heavy atom. The highest BCUT2D eigenvalue weighted by atomic mass is 35.5. The number of rotatable bonds is 3. The number of aliphatic hydroxyl groups is 1. The van der Waals surface area contributed by atoms with Gasteiger partial charge in [0.25, 0.3) is 0 Å². The van der Waals surface area contributed by atoms with Gasteiger partial charge in [-0.2, -0.15) is 0 Å². The monoisotopic (exact) mass is 167 g/mol. The fourth-order valence-corrected chi connectivity index (χ4v) is 0.676. The van der Waals surface area contributed by atoms with E-state index in [1.54, 1.807) is 4.90 Å². The second-order valence-electron chi connectivity index (χ2n) is 1.72. The van der Waals surface area contributed by atoms with E-state index in [0.29, 0.717) is 13.1 Å². The van der Waals surface area contributed by atoms with Crippen LogP contribution in [0.1, 0.15) is 13.8 Å². The van der Waals surface area contributed by atoms with Crippen molar-refractivity contribution in [3.63, 3.8) is 0 Å². The van der Waals surface area contributed by atoms with Crippen molar-refractivity contribution in [1.29, 1.82) is 0 Å². The third kappa shape index (κ3) is 3.69. The molecular weight excluding hydrogens is 154 g/mol. The van der Waals surface area contributed by atoms with E-state index in [0.717, 1.165) is 0 Å². The van der Waals surface area contributed by atoms with Crippen molar-refractivity contribution in [3.8, 4) is 0 Å². The molecule has 0 radical (unpaired) electrons. The Kier molecular flexibility index (Phi) is 8.48. The Balaban J connectivity index is 0. The number of hydrogen-bond acceptors (Lipinski definition) is 2. The number of aliphatic hydroxyl groups excluding tert-OH is 1. The van der Waals surface area contributed by atoms with Gasteiger partial charge in [0.2, 0.25) is 5.91 Å². The summed E-state index contributed by atoms with van der Waals surface area (Å²) < 4.78 is 0. The summed E-state index contributed by atoms with van der Waals surface area (Å²) in [5, 5.41) is 8.38. The van der Waals surface area contributed by atoms with E-state index >= 15 is 0 Å². The molecule has 0 aromatic heterocycles. The highest BCUT2D eigenvalue weighted by molar-refractivity contribution is 5.85. The molecule has 0 aliphatic rings. The summed E-state index contributed by atoms with van der Waals surface area (Å²) in [6, 6.07) is 0. The summed E-state index contributed by atoms with van der Waals surface area (Å²) in [5.74, 6) is -0.194. The number of hydrogen-bond donors (Lipinski definition) is 1. The normalized spacial score (nSPS) is 8.30. The molecule has 0 rings (SSSR count). The minimum atomic E-state index is -0.373. The number of amides is 1. The van der Waals surface area contributed by atoms with E-state index in [2.05, 4.69) is 0 Å². The molecule has 0 atom stereocenters. The summed E-state index contributed by atoms with van der Waals surface area (Å²) in [6.07, 6.45) is 0. The van der Waals surface area contributed by atoms with Gasteiger partial charge in [-0.15, -0.1) is 12.4 Å². The molecule has 0 aliphatic carbocycles. The van der Waals surface area contributed by atoms with Crippen LogP contribution in [0.2, 0.25) is 0 Å². The Hall–Kier alpha value is -0.280. The number of likely N-dealkylation sites (N-methyl/N-ethyl adjacent to an activating group) is 1. The topological polar surface area (TPSA) is 40.5 Å². The van der Waals surface area contributed by atoms with E-state index < -0.39 is 0 Å². The standard InChI is InChI=1S/C6H13NO2.ClH/c1-3-7(4-2)6(9)5-8;/h8H,3-5H2,1-2H3;1H. The van der Waals surface area contributed by atoms with Crippen LogP contribution in [0.4, 0.5) is 0 Å². The number of halogens is 1. The second kappa shape index (κ2) is 6.83. The van der Waals surface area contributed by atoms with Crippen molar-refractivity contribution >= 4 is 18.3 Å². The second-order valence-corrected chi connectivity index (χ2v) is 1.72.